The minimum absolute atomic E-state index is 0.0581. The van der Waals surface area contributed by atoms with Crippen LogP contribution in [0.2, 0.25) is 0 Å². The van der Waals surface area contributed by atoms with Crippen LogP contribution in [0.5, 0.6) is 0 Å². The maximum Gasteiger partial charge on any atom is 0.389 e. The number of hydrogen-bond donors (Lipinski definition) is 1. The summed E-state index contributed by atoms with van der Waals surface area (Å²) in [5.41, 5.74) is -0.258. The van der Waals surface area contributed by atoms with Crippen molar-refractivity contribution >= 4 is 0 Å². The van der Waals surface area contributed by atoms with Gasteiger partial charge in [-0.3, -0.25) is 0 Å². The van der Waals surface area contributed by atoms with Crippen molar-refractivity contribution in [1.82, 2.24) is 5.32 Å². The highest BCUT2D eigenvalue weighted by Gasteiger charge is 2.36. The van der Waals surface area contributed by atoms with Gasteiger partial charge in [-0.2, -0.15) is 13.2 Å². The van der Waals surface area contributed by atoms with Gasteiger partial charge in [-0.1, -0.05) is 13.8 Å². The number of rotatable bonds is 7. The van der Waals surface area contributed by atoms with Crippen LogP contribution in [0.1, 0.15) is 52.4 Å². The summed E-state index contributed by atoms with van der Waals surface area (Å²) in [7, 11) is 1.87. The van der Waals surface area contributed by atoms with Crippen LogP contribution in [0.4, 0.5) is 13.2 Å². The number of nitrogens with one attached hydrogen (secondary N) is 1. The predicted molar refractivity (Wildman–Crippen MR) is 74.7 cm³/mol. The van der Waals surface area contributed by atoms with Crippen LogP contribution in [0.15, 0.2) is 0 Å². The van der Waals surface area contributed by atoms with Crippen LogP contribution < -0.4 is 5.32 Å². The van der Waals surface area contributed by atoms with Crippen molar-refractivity contribution in [3.05, 3.63) is 0 Å². The molecule has 5 heteroatoms. The van der Waals surface area contributed by atoms with Gasteiger partial charge in [0.1, 0.15) is 0 Å². The van der Waals surface area contributed by atoms with E-state index in [1.54, 1.807) is 0 Å². The van der Waals surface area contributed by atoms with Crippen molar-refractivity contribution in [2.45, 2.75) is 64.1 Å². The van der Waals surface area contributed by atoms with Crippen LogP contribution >= 0.6 is 0 Å². The van der Waals surface area contributed by atoms with Gasteiger partial charge in [-0.25, -0.2) is 0 Å². The van der Waals surface area contributed by atoms with Crippen LogP contribution in [-0.2, 0) is 4.74 Å². The first-order valence-electron chi connectivity index (χ1n) is 7.63. The molecule has 20 heavy (non-hydrogen) atoms. The number of halogens is 3. The molecular formula is C15H28F3NO. The van der Waals surface area contributed by atoms with E-state index in [1.807, 2.05) is 7.05 Å². The molecule has 0 radical (unpaired) electrons. The first-order valence-corrected chi connectivity index (χ1v) is 7.63. The summed E-state index contributed by atoms with van der Waals surface area (Å²) in [5, 5.41) is 3.13. The molecule has 1 fully saturated rings. The molecule has 0 aromatic rings. The molecular weight excluding hydrogens is 267 g/mol. The second-order valence-electron chi connectivity index (χ2n) is 6.36. The average molecular weight is 295 g/mol. The number of likely N-dealkylation sites (N-methyl/N-ethyl adjacent to an activating group) is 1. The molecule has 0 aromatic carbocycles. The molecule has 0 amide bonds. The first kappa shape index (κ1) is 17.8. The summed E-state index contributed by atoms with van der Waals surface area (Å²) in [4.78, 5) is 0. The molecule has 0 heterocycles. The molecule has 2 nitrogen and oxygen atoms in total. The first-order chi connectivity index (χ1) is 9.28. The fourth-order valence-corrected chi connectivity index (χ4v) is 3.09. The smallest absolute Gasteiger partial charge is 0.374 e. The van der Waals surface area contributed by atoms with Crippen molar-refractivity contribution in [2.24, 2.45) is 11.8 Å². The van der Waals surface area contributed by atoms with E-state index in [2.05, 4.69) is 19.2 Å². The molecule has 0 aliphatic heterocycles. The molecule has 0 unspecified atom stereocenters. The zero-order chi connectivity index (χ0) is 15.2. The van der Waals surface area contributed by atoms with Gasteiger partial charge >= 0.3 is 6.18 Å². The normalized spacial score (nSPS) is 28.1. The zero-order valence-electron chi connectivity index (χ0n) is 12.9. The van der Waals surface area contributed by atoms with Gasteiger partial charge in [-0.05, 0) is 51.0 Å². The largest absolute Gasteiger partial charge is 0.389 e. The standard InChI is InChI=1S/C15H28F3NO/c1-12(2)13-5-8-14(9-6-13,11-19-3)20-10-4-7-15(16,17)18/h12-13,19H,4-11H2,1-3H3. The van der Waals surface area contributed by atoms with Crippen molar-refractivity contribution in [3.8, 4) is 0 Å². The van der Waals surface area contributed by atoms with E-state index >= 15 is 0 Å². The molecule has 0 bridgehead atoms. The average Bonchev–Trinajstić information content (AvgIpc) is 2.35. The molecule has 0 saturated heterocycles. The van der Waals surface area contributed by atoms with Crippen molar-refractivity contribution in [2.75, 3.05) is 20.2 Å². The Morgan fingerprint density at radius 3 is 2.30 bits per heavy atom. The third-order valence-electron chi connectivity index (χ3n) is 4.40. The summed E-state index contributed by atoms with van der Waals surface area (Å²) >= 11 is 0. The Labute approximate surface area is 120 Å². The van der Waals surface area contributed by atoms with Crippen molar-refractivity contribution in [1.29, 1.82) is 0 Å². The van der Waals surface area contributed by atoms with Gasteiger partial charge in [0.2, 0.25) is 0 Å². The molecule has 1 rings (SSSR count). The lowest BCUT2D eigenvalue weighted by atomic mass is 9.74. The quantitative estimate of drug-likeness (QED) is 0.712. The maximum atomic E-state index is 12.1. The molecule has 1 aliphatic carbocycles. The molecule has 0 spiro atoms. The van der Waals surface area contributed by atoms with Crippen LogP contribution in [0, 0.1) is 11.8 Å². The predicted octanol–water partition coefficient (Wildman–Crippen LogP) is 4.15. The zero-order valence-corrected chi connectivity index (χ0v) is 12.9. The highest BCUT2D eigenvalue weighted by Crippen LogP contribution is 2.38. The molecule has 0 atom stereocenters. The van der Waals surface area contributed by atoms with E-state index in [0.29, 0.717) is 5.92 Å². The second-order valence-corrected chi connectivity index (χ2v) is 6.36. The second kappa shape index (κ2) is 7.64. The van der Waals surface area contributed by atoms with Gasteiger partial charge in [0.05, 0.1) is 5.60 Å². The lowest BCUT2D eigenvalue weighted by Crippen LogP contribution is -2.45. The Hall–Kier alpha value is -0.290. The molecule has 120 valence electrons. The van der Waals surface area contributed by atoms with Gasteiger partial charge in [-0.15, -0.1) is 0 Å². The minimum atomic E-state index is -4.07. The molecule has 1 saturated carbocycles. The van der Waals surface area contributed by atoms with Gasteiger partial charge in [0, 0.05) is 19.6 Å². The Morgan fingerprint density at radius 2 is 1.85 bits per heavy atom. The Morgan fingerprint density at radius 1 is 1.25 bits per heavy atom. The van der Waals surface area contributed by atoms with Crippen molar-refractivity contribution in [3.63, 3.8) is 0 Å². The van der Waals surface area contributed by atoms with E-state index in [1.165, 1.54) is 0 Å². The fourth-order valence-electron chi connectivity index (χ4n) is 3.09. The fraction of sp³-hybridized carbons (Fsp3) is 1.00. The summed E-state index contributed by atoms with van der Waals surface area (Å²) in [6, 6.07) is 0. The molecule has 1 N–H and O–H groups in total. The summed E-state index contributed by atoms with van der Waals surface area (Å²) < 4.78 is 42.3. The summed E-state index contributed by atoms with van der Waals surface area (Å²) in [6.07, 6.45) is -0.655. The SMILES string of the molecule is CNCC1(OCCCC(F)(F)F)CCC(C(C)C)CC1. The molecule has 1 aliphatic rings. The van der Waals surface area contributed by atoms with Crippen LogP contribution in [-0.4, -0.2) is 32.0 Å². The van der Waals surface area contributed by atoms with Crippen LogP contribution in [0.25, 0.3) is 0 Å². The van der Waals surface area contributed by atoms with Gasteiger partial charge in [0.15, 0.2) is 0 Å². The van der Waals surface area contributed by atoms with Gasteiger partial charge in [0.25, 0.3) is 0 Å². The third kappa shape index (κ3) is 6.00. The van der Waals surface area contributed by atoms with Crippen LogP contribution in [0.3, 0.4) is 0 Å². The maximum absolute atomic E-state index is 12.1. The van der Waals surface area contributed by atoms with E-state index in [-0.39, 0.29) is 18.6 Å². The van der Waals surface area contributed by atoms with E-state index < -0.39 is 12.6 Å². The van der Waals surface area contributed by atoms with E-state index in [0.717, 1.165) is 38.1 Å². The van der Waals surface area contributed by atoms with Gasteiger partial charge < -0.3 is 10.1 Å². The monoisotopic (exact) mass is 295 g/mol. The van der Waals surface area contributed by atoms with E-state index in [4.69, 9.17) is 4.74 Å². The van der Waals surface area contributed by atoms with Crippen molar-refractivity contribution < 1.29 is 17.9 Å². The lowest BCUT2D eigenvalue weighted by molar-refractivity contribution is -0.144. The summed E-state index contributed by atoms with van der Waals surface area (Å²) in [6.45, 7) is 5.40. The Balaban J connectivity index is 2.40. The number of hydrogen-bond acceptors (Lipinski definition) is 2. The topological polar surface area (TPSA) is 21.3 Å². The Bertz CT molecular complexity index is 271. The lowest BCUT2D eigenvalue weighted by Gasteiger charge is -2.41. The number of alkyl halides is 3. The minimum Gasteiger partial charge on any atom is -0.374 e. The highest BCUT2D eigenvalue weighted by molar-refractivity contribution is 4.89. The summed E-state index contributed by atoms with van der Waals surface area (Å²) in [5.74, 6) is 1.39. The number of ether oxygens (including phenoxy) is 1. The highest BCUT2D eigenvalue weighted by atomic mass is 19.4. The van der Waals surface area contributed by atoms with E-state index in [9.17, 15) is 13.2 Å². The Kier molecular flexibility index (Phi) is 6.79. The molecule has 0 aromatic heterocycles. The third-order valence-corrected chi connectivity index (χ3v) is 4.40.